The summed E-state index contributed by atoms with van der Waals surface area (Å²) in [7, 11) is 2.08. The van der Waals surface area contributed by atoms with Crippen molar-refractivity contribution in [2.24, 2.45) is 0 Å². The number of nitrogens with zero attached hydrogens (tertiary/aromatic N) is 1. The molecule has 0 aliphatic heterocycles. The molecule has 0 N–H and O–H groups in total. The summed E-state index contributed by atoms with van der Waals surface area (Å²) in [5.41, 5.74) is 3.12. The predicted molar refractivity (Wildman–Crippen MR) is 98.0 cm³/mol. The Bertz CT molecular complexity index is 838. The minimum absolute atomic E-state index is 0.649. The van der Waals surface area contributed by atoms with Crippen LogP contribution in [0.5, 0.6) is 0 Å². The van der Waals surface area contributed by atoms with Gasteiger partial charge < -0.3 is 4.42 Å². The molecule has 0 spiro atoms. The molecule has 0 unspecified atom stereocenters. The molecule has 0 saturated heterocycles. The number of halogens is 2. The van der Waals surface area contributed by atoms with Crippen LogP contribution in [0.2, 0.25) is 10.0 Å². The Kier molecular flexibility index (Phi) is 5.06. The quantitative estimate of drug-likeness (QED) is 0.573. The number of fused-ring (bicyclic) bond motifs is 1. The third-order valence-electron chi connectivity index (χ3n) is 3.68. The second-order valence-electron chi connectivity index (χ2n) is 5.52. The van der Waals surface area contributed by atoms with Gasteiger partial charge in [-0.2, -0.15) is 0 Å². The number of likely N-dealkylation sites (N-methyl/N-ethyl adjacent to an activating group) is 1. The number of benzene rings is 2. The van der Waals surface area contributed by atoms with Gasteiger partial charge in [-0.25, -0.2) is 0 Å². The minimum atomic E-state index is 0.649. The average molecular weight is 346 g/mol. The van der Waals surface area contributed by atoms with Crippen molar-refractivity contribution in [3.05, 3.63) is 76.0 Å². The van der Waals surface area contributed by atoms with Gasteiger partial charge in [-0.15, -0.1) is 0 Å². The van der Waals surface area contributed by atoms with Gasteiger partial charge in [0.1, 0.15) is 5.58 Å². The van der Waals surface area contributed by atoms with Crippen LogP contribution in [0.3, 0.4) is 0 Å². The van der Waals surface area contributed by atoms with Crippen LogP contribution >= 0.6 is 23.2 Å². The van der Waals surface area contributed by atoms with Crippen molar-refractivity contribution in [1.82, 2.24) is 4.90 Å². The van der Waals surface area contributed by atoms with E-state index in [2.05, 4.69) is 36.2 Å². The fourth-order valence-corrected chi connectivity index (χ4v) is 3.00. The molecule has 0 saturated carbocycles. The molecule has 3 rings (SSSR count). The van der Waals surface area contributed by atoms with Crippen molar-refractivity contribution in [2.75, 3.05) is 13.6 Å². The highest BCUT2D eigenvalue weighted by atomic mass is 35.5. The maximum Gasteiger partial charge on any atom is 0.138 e. The van der Waals surface area contributed by atoms with E-state index in [0.29, 0.717) is 10.0 Å². The van der Waals surface area contributed by atoms with Gasteiger partial charge in [0, 0.05) is 34.1 Å². The van der Waals surface area contributed by atoms with Crippen molar-refractivity contribution in [1.29, 1.82) is 0 Å². The van der Waals surface area contributed by atoms with Crippen LogP contribution in [0.4, 0.5) is 0 Å². The normalized spacial score (nSPS) is 11.8. The minimum Gasteiger partial charge on any atom is -0.464 e. The molecule has 0 radical (unpaired) electrons. The Hall–Kier alpha value is -1.74. The van der Waals surface area contributed by atoms with E-state index in [0.717, 1.165) is 29.6 Å². The lowest BCUT2D eigenvalue weighted by molar-refractivity contribution is 0.363. The van der Waals surface area contributed by atoms with E-state index >= 15 is 0 Å². The molecule has 23 heavy (non-hydrogen) atoms. The Labute approximate surface area is 145 Å². The predicted octanol–water partition coefficient (Wildman–Crippen LogP) is 5.88. The average Bonchev–Trinajstić information content (AvgIpc) is 2.99. The lowest BCUT2D eigenvalue weighted by Gasteiger charge is -2.14. The summed E-state index contributed by atoms with van der Waals surface area (Å²) in [5, 5.41) is 2.45. The fraction of sp³-hybridized carbons (Fsp3) is 0.158. The highest BCUT2D eigenvalue weighted by Crippen LogP contribution is 2.23. The van der Waals surface area contributed by atoms with Gasteiger partial charge in [0.25, 0.3) is 0 Å². The molecular formula is C19H17Cl2NO. The first-order chi connectivity index (χ1) is 11.1. The Morgan fingerprint density at radius 2 is 2.00 bits per heavy atom. The summed E-state index contributed by atoms with van der Waals surface area (Å²) >= 11 is 12.1. The van der Waals surface area contributed by atoms with Gasteiger partial charge in [-0.05, 0) is 30.8 Å². The van der Waals surface area contributed by atoms with Crippen LogP contribution in [0.15, 0.2) is 59.2 Å². The van der Waals surface area contributed by atoms with Crippen LogP contribution in [0, 0.1) is 0 Å². The van der Waals surface area contributed by atoms with Crippen molar-refractivity contribution in [2.45, 2.75) is 6.54 Å². The number of para-hydroxylation sites is 1. The van der Waals surface area contributed by atoms with E-state index in [1.807, 2.05) is 24.3 Å². The van der Waals surface area contributed by atoms with E-state index in [9.17, 15) is 0 Å². The zero-order chi connectivity index (χ0) is 16.2. The molecule has 2 nitrogen and oxygen atoms in total. The fourth-order valence-electron chi connectivity index (χ4n) is 2.53. The van der Waals surface area contributed by atoms with E-state index in [1.165, 1.54) is 5.56 Å². The number of hydrogen-bond acceptors (Lipinski definition) is 2. The molecular weight excluding hydrogens is 329 g/mol. The largest absolute Gasteiger partial charge is 0.464 e. The Morgan fingerprint density at radius 1 is 1.13 bits per heavy atom. The van der Waals surface area contributed by atoms with Crippen LogP contribution in [0.1, 0.15) is 11.1 Å². The molecule has 1 aromatic heterocycles. The summed E-state index contributed by atoms with van der Waals surface area (Å²) < 4.78 is 5.58. The molecule has 0 fully saturated rings. The third-order valence-corrected chi connectivity index (χ3v) is 4.24. The molecule has 3 aromatic rings. The molecule has 118 valence electrons. The zero-order valence-corrected chi connectivity index (χ0v) is 14.3. The van der Waals surface area contributed by atoms with Crippen molar-refractivity contribution in [3.8, 4) is 0 Å². The highest BCUT2D eigenvalue weighted by molar-refractivity contribution is 6.35. The lowest BCUT2D eigenvalue weighted by Crippen LogP contribution is -2.17. The first kappa shape index (κ1) is 16.1. The number of rotatable bonds is 5. The second-order valence-corrected chi connectivity index (χ2v) is 6.36. The molecule has 0 aliphatic rings. The molecule has 0 bridgehead atoms. The molecule has 0 aliphatic carbocycles. The van der Waals surface area contributed by atoms with Crippen LogP contribution in [0.25, 0.3) is 17.0 Å². The first-order valence-electron chi connectivity index (χ1n) is 7.39. The Balaban J connectivity index is 1.64. The van der Waals surface area contributed by atoms with Crippen LogP contribution in [-0.4, -0.2) is 18.5 Å². The van der Waals surface area contributed by atoms with E-state index in [4.69, 9.17) is 27.6 Å². The lowest BCUT2D eigenvalue weighted by atomic mass is 10.1. The monoisotopic (exact) mass is 345 g/mol. The molecule has 2 aromatic carbocycles. The van der Waals surface area contributed by atoms with Gasteiger partial charge in [0.05, 0.1) is 6.26 Å². The van der Waals surface area contributed by atoms with E-state index in [1.54, 1.807) is 12.3 Å². The molecule has 1 heterocycles. The first-order valence-corrected chi connectivity index (χ1v) is 8.14. The maximum absolute atomic E-state index is 6.17. The zero-order valence-electron chi connectivity index (χ0n) is 12.8. The maximum atomic E-state index is 6.17. The van der Waals surface area contributed by atoms with Crippen molar-refractivity contribution >= 4 is 40.2 Å². The summed E-state index contributed by atoms with van der Waals surface area (Å²) in [6, 6.07) is 13.7. The van der Waals surface area contributed by atoms with E-state index < -0.39 is 0 Å². The van der Waals surface area contributed by atoms with Crippen LogP contribution in [-0.2, 0) is 6.54 Å². The summed E-state index contributed by atoms with van der Waals surface area (Å²) in [6.45, 7) is 1.64. The molecule has 0 amide bonds. The smallest absolute Gasteiger partial charge is 0.138 e. The van der Waals surface area contributed by atoms with Crippen molar-refractivity contribution in [3.63, 3.8) is 0 Å². The standard InChI is InChI=1S/C19H17Cl2NO/c1-22(10-3-6-14-7-8-17(20)12-18(14)21)13-16-5-2-4-15-9-11-23-19(15)16/h2-9,11-12H,10,13H2,1H3/b6-3+. The Morgan fingerprint density at radius 3 is 2.83 bits per heavy atom. The van der Waals surface area contributed by atoms with Gasteiger partial charge in [0.15, 0.2) is 0 Å². The van der Waals surface area contributed by atoms with Gasteiger partial charge in [-0.1, -0.05) is 59.6 Å². The third kappa shape index (κ3) is 3.97. The highest BCUT2D eigenvalue weighted by Gasteiger charge is 2.06. The molecule has 4 heteroatoms. The topological polar surface area (TPSA) is 16.4 Å². The van der Waals surface area contributed by atoms with Gasteiger partial charge in [-0.3, -0.25) is 4.90 Å². The molecule has 0 atom stereocenters. The van der Waals surface area contributed by atoms with Gasteiger partial charge >= 0.3 is 0 Å². The second kappa shape index (κ2) is 7.22. The van der Waals surface area contributed by atoms with Crippen LogP contribution < -0.4 is 0 Å². The summed E-state index contributed by atoms with van der Waals surface area (Å²) in [4.78, 5) is 2.22. The number of furan rings is 1. The van der Waals surface area contributed by atoms with Gasteiger partial charge in [0.2, 0.25) is 0 Å². The van der Waals surface area contributed by atoms with E-state index in [-0.39, 0.29) is 0 Å². The summed E-state index contributed by atoms with van der Waals surface area (Å²) in [5.74, 6) is 0. The SMILES string of the molecule is CN(C/C=C/c1ccc(Cl)cc1Cl)Cc1cccc2ccoc12. The summed E-state index contributed by atoms with van der Waals surface area (Å²) in [6.07, 6.45) is 5.84. The van der Waals surface area contributed by atoms with Crippen molar-refractivity contribution < 1.29 is 4.42 Å². The number of hydrogen-bond donors (Lipinski definition) is 0.